The van der Waals surface area contributed by atoms with Crippen molar-refractivity contribution >= 4 is 23.1 Å². The Bertz CT molecular complexity index is 13.5. The van der Waals surface area contributed by atoms with E-state index in [1.54, 1.807) is 0 Å². The van der Waals surface area contributed by atoms with E-state index in [1.165, 1.54) is 0 Å². The maximum Gasteiger partial charge on any atom is 2.00 e. The van der Waals surface area contributed by atoms with Crippen molar-refractivity contribution in [2.75, 3.05) is 0 Å². The van der Waals surface area contributed by atoms with Gasteiger partial charge in [0.15, 0.2) is 0 Å². The summed E-state index contributed by atoms with van der Waals surface area (Å²) in [5.41, 5.74) is 0. The summed E-state index contributed by atoms with van der Waals surface area (Å²) >= 11 is 0. The van der Waals surface area contributed by atoms with E-state index in [2.05, 4.69) is 0 Å². The number of hydrogen-bond donors (Lipinski definition) is 0. The molecule has 0 unspecified atom stereocenters. The molecule has 16 valence electrons. The fourth-order valence-corrected chi connectivity index (χ4v) is 0. The van der Waals surface area contributed by atoms with Gasteiger partial charge in [0, 0.05) is 89.7 Å². The molecule has 0 bridgehead atoms. The molecule has 0 rings (SSSR count). The van der Waals surface area contributed by atoms with E-state index in [0.717, 1.165) is 0 Å². The number of rotatable bonds is 0. The third-order valence-electron chi connectivity index (χ3n) is 0. The molecule has 0 aliphatic rings. The molecule has 0 spiro atoms. The molecule has 4 heteroatoms. The van der Waals surface area contributed by atoms with Crippen LogP contribution in [0.5, 0.6) is 0 Å². The topological polar surface area (TPSA) is 0 Å². The molecule has 0 aliphatic carbocycles. The average molecular weight is 306 g/mol. The normalized spacial score (nSPS) is 0. The van der Waals surface area contributed by atoms with Gasteiger partial charge in [0.05, 0.1) is 0 Å². The molecule has 0 radical (unpaired) electrons. The first kappa shape index (κ1) is 25.1. The Hall–Kier alpha value is 3.74. The molecule has 0 aliphatic heterocycles. The average Bonchev–Trinajstić information content (AvgIpc) is 0. The second kappa shape index (κ2) is 15.9. The van der Waals surface area contributed by atoms with E-state index in [4.69, 9.17) is 0 Å². The molecule has 0 saturated carbocycles. The Morgan fingerprint density at radius 1 is 1.25 bits per heavy atom. The van der Waals surface area contributed by atoms with E-state index in [0.29, 0.717) is 0 Å². The first-order valence-electron chi connectivity index (χ1n) is 0. The Kier molecular flexibility index (Phi) is 99.8. The van der Waals surface area contributed by atoms with Gasteiger partial charge >= 0.3 is 23.1 Å². The van der Waals surface area contributed by atoms with Crippen molar-refractivity contribution in [2.24, 2.45) is 0 Å². The molecule has 0 fully saturated rings. The van der Waals surface area contributed by atoms with Crippen LogP contribution in [0, 0.1) is 41.7 Å². The predicted molar refractivity (Wildman–Crippen MR) is 7.98 cm³/mol. The zero-order valence-corrected chi connectivity index (χ0v) is 10.8. The summed E-state index contributed by atoms with van der Waals surface area (Å²) in [6, 6.07) is 0. The molecule has 0 aromatic heterocycles. The summed E-state index contributed by atoms with van der Waals surface area (Å²) in [7, 11) is 0. The van der Waals surface area contributed by atoms with Crippen molar-refractivity contribution in [1.82, 2.24) is 0 Å². The van der Waals surface area contributed by atoms with Crippen molar-refractivity contribution in [2.45, 2.75) is 0 Å². The van der Waals surface area contributed by atoms with Crippen LogP contribution in [-0.4, -0.2) is 23.1 Å². The summed E-state index contributed by atoms with van der Waals surface area (Å²) in [4.78, 5) is 0. The van der Waals surface area contributed by atoms with Crippen LogP contribution in [0.3, 0.4) is 0 Å². The zero-order chi connectivity index (χ0) is 0. The van der Waals surface area contributed by atoms with Crippen LogP contribution in [0.1, 0.15) is 2.85 Å². The van der Waals surface area contributed by atoms with Crippen LogP contribution in [0.4, 0.5) is 0 Å². The molecule has 0 saturated heterocycles. The predicted octanol–water partition coefficient (Wildman–Crippen LogP) is -0.161. The van der Waals surface area contributed by atoms with E-state index < -0.39 is 0 Å². The maximum atomic E-state index is 0. The molecule has 0 aromatic carbocycles. The molecule has 0 N–H and O–H groups in total. The van der Waals surface area contributed by atoms with Crippen LogP contribution in [0.15, 0.2) is 0 Å². The van der Waals surface area contributed by atoms with Crippen molar-refractivity contribution in [1.29, 1.82) is 0 Å². The third-order valence-corrected chi connectivity index (χ3v) is 0. The SMILES string of the molecule is [Ce].[H-].[H-].[Mg+2].[Ti].[Zr]. The van der Waals surface area contributed by atoms with Crippen LogP contribution in [-0.2, 0) is 47.9 Å². The fraction of sp³-hybridized carbons (Fsp3) is 0. The molecular weight excluding hydrogens is 304 g/mol. The maximum absolute atomic E-state index is 0. The summed E-state index contributed by atoms with van der Waals surface area (Å²) in [6.07, 6.45) is 0. The van der Waals surface area contributed by atoms with Gasteiger partial charge in [-0.15, -0.1) is 0 Å². The van der Waals surface area contributed by atoms with Crippen molar-refractivity contribution in [3.63, 3.8) is 0 Å². The zero-order valence-electron chi connectivity index (χ0n) is 4.21. The Labute approximate surface area is 113 Å². The largest absolute Gasteiger partial charge is 2.00 e. The molecule has 4 heavy (non-hydrogen) atoms. The standard InChI is InChI=1S/Ce.Mg.Ti.Zr.2H/q;+2;;;2*-1. The molecule has 0 nitrogen and oxygen atoms in total. The van der Waals surface area contributed by atoms with Gasteiger partial charge in [-0.1, -0.05) is 0 Å². The third kappa shape index (κ3) is 9.22. The van der Waals surface area contributed by atoms with Crippen LogP contribution in [0.2, 0.25) is 0 Å². The van der Waals surface area contributed by atoms with Gasteiger partial charge in [-0.2, -0.15) is 0 Å². The molecule has 0 aromatic rings. The Morgan fingerprint density at radius 3 is 1.25 bits per heavy atom. The molecule has 0 amide bonds. The second-order valence-electron chi connectivity index (χ2n) is 0. The summed E-state index contributed by atoms with van der Waals surface area (Å²) < 4.78 is 0. The first-order chi connectivity index (χ1) is 0. The van der Waals surface area contributed by atoms with Crippen LogP contribution in [0.25, 0.3) is 0 Å². The molecule has 0 atom stereocenters. The van der Waals surface area contributed by atoms with Gasteiger partial charge in [-0.3, -0.25) is 0 Å². The fourth-order valence-electron chi connectivity index (χ4n) is 0. The van der Waals surface area contributed by atoms with Crippen molar-refractivity contribution in [3.8, 4) is 0 Å². The van der Waals surface area contributed by atoms with E-state index in [9.17, 15) is 0 Å². The Morgan fingerprint density at radius 2 is 1.25 bits per heavy atom. The van der Waals surface area contributed by atoms with Gasteiger partial charge in [0.25, 0.3) is 0 Å². The van der Waals surface area contributed by atoms with Gasteiger partial charge in [-0.05, 0) is 0 Å². The van der Waals surface area contributed by atoms with Crippen LogP contribution < -0.4 is 0 Å². The van der Waals surface area contributed by atoms with Crippen LogP contribution >= 0.6 is 0 Å². The van der Waals surface area contributed by atoms with Crippen molar-refractivity contribution < 1.29 is 92.5 Å². The van der Waals surface area contributed by atoms with Gasteiger partial charge < -0.3 is 2.85 Å². The van der Waals surface area contributed by atoms with E-state index in [-0.39, 0.29) is 116 Å². The van der Waals surface area contributed by atoms with Gasteiger partial charge in [-0.25, -0.2) is 0 Å². The summed E-state index contributed by atoms with van der Waals surface area (Å²) in [5, 5.41) is 0. The van der Waals surface area contributed by atoms with Crippen molar-refractivity contribution in [3.05, 3.63) is 0 Å². The minimum absolute atomic E-state index is 0. The van der Waals surface area contributed by atoms with E-state index in [1.807, 2.05) is 0 Å². The minimum Gasteiger partial charge on any atom is -1.00 e. The smallest absolute Gasteiger partial charge is 1.00 e. The van der Waals surface area contributed by atoms with E-state index >= 15 is 0 Å². The quantitative estimate of drug-likeness (QED) is 0.546. The Balaban J connectivity index is 0. The second-order valence-corrected chi connectivity index (χ2v) is 0. The van der Waals surface area contributed by atoms with Gasteiger partial charge in [0.2, 0.25) is 0 Å². The first-order valence-corrected chi connectivity index (χ1v) is 0. The number of hydrogen-bond acceptors (Lipinski definition) is 0. The van der Waals surface area contributed by atoms with Gasteiger partial charge in [0.1, 0.15) is 0 Å². The minimum atomic E-state index is 0. The molecule has 0 heterocycles. The summed E-state index contributed by atoms with van der Waals surface area (Å²) in [6.45, 7) is 0. The molecular formula is H2CeMgTiZr. The summed E-state index contributed by atoms with van der Waals surface area (Å²) in [5.74, 6) is 0. The monoisotopic (exact) mass is 304 g/mol.